The highest BCUT2D eigenvalue weighted by atomic mass is 79.9. The molecule has 0 radical (unpaired) electrons. The number of halogens is 1. The maximum absolute atomic E-state index is 14.2. The third kappa shape index (κ3) is 5.88. The Balaban J connectivity index is 1.19. The molecule has 11 nitrogen and oxygen atoms in total. The number of ether oxygens (including phenoxy) is 1. The van der Waals surface area contributed by atoms with Crippen LogP contribution in [0.5, 0.6) is 0 Å². The van der Waals surface area contributed by atoms with Crippen LogP contribution in [-0.4, -0.2) is 77.4 Å². The Morgan fingerprint density at radius 1 is 1.07 bits per heavy atom. The number of carbonyl (C=O) groups is 3. The molecule has 1 amide bonds. The first-order valence-corrected chi connectivity index (χ1v) is 16.7. The summed E-state index contributed by atoms with van der Waals surface area (Å²) in [6, 6.07) is 5.12. The summed E-state index contributed by atoms with van der Waals surface area (Å²) in [7, 11) is 0. The van der Waals surface area contributed by atoms with E-state index in [4.69, 9.17) is 9.72 Å². The second-order valence-corrected chi connectivity index (χ2v) is 13.7. The number of carbonyl (C=O) groups excluding carboxylic acids is 3. The van der Waals surface area contributed by atoms with Crippen molar-refractivity contribution in [3.63, 3.8) is 0 Å². The number of rotatable bonds is 4. The molecule has 1 saturated carbocycles. The Morgan fingerprint density at radius 3 is 2.67 bits per heavy atom. The zero-order valence-electron chi connectivity index (χ0n) is 26.0. The molecule has 2 bridgehead atoms. The van der Waals surface area contributed by atoms with Crippen LogP contribution < -0.4 is 0 Å². The van der Waals surface area contributed by atoms with Crippen molar-refractivity contribution < 1.29 is 19.1 Å². The first-order valence-electron chi connectivity index (χ1n) is 15.9. The van der Waals surface area contributed by atoms with Crippen LogP contribution in [-0.2, 0) is 33.7 Å². The van der Waals surface area contributed by atoms with Crippen LogP contribution in [0.2, 0.25) is 0 Å². The van der Waals surface area contributed by atoms with E-state index in [-0.39, 0.29) is 47.6 Å². The summed E-state index contributed by atoms with van der Waals surface area (Å²) < 4.78 is 8.38. The van der Waals surface area contributed by atoms with Crippen molar-refractivity contribution in [2.75, 3.05) is 13.2 Å². The number of piperidine rings is 1. The molecule has 1 aliphatic carbocycles. The Labute approximate surface area is 275 Å². The van der Waals surface area contributed by atoms with E-state index < -0.39 is 6.04 Å². The van der Waals surface area contributed by atoms with Crippen molar-refractivity contribution in [3.05, 3.63) is 64.2 Å². The lowest BCUT2D eigenvalue weighted by atomic mass is 9.94. The highest BCUT2D eigenvalue weighted by Gasteiger charge is 2.67. The second-order valence-electron chi connectivity index (χ2n) is 12.9. The molecule has 12 heteroatoms. The van der Waals surface area contributed by atoms with Crippen LogP contribution in [0.1, 0.15) is 73.0 Å². The van der Waals surface area contributed by atoms with E-state index in [9.17, 15) is 14.4 Å². The van der Waals surface area contributed by atoms with Gasteiger partial charge in [0.2, 0.25) is 5.91 Å². The predicted octanol–water partition coefficient (Wildman–Crippen LogP) is 4.86. The van der Waals surface area contributed by atoms with Gasteiger partial charge in [-0.2, -0.15) is 5.10 Å². The third-order valence-electron chi connectivity index (χ3n) is 9.66. The number of nitrogens with zero attached hydrogens (tertiary/aromatic N) is 7. The first kappa shape index (κ1) is 30.7. The van der Waals surface area contributed by atoms with Crippen molar-refractivity contribution in [2.45, 2.75) is 83.8 Å². The van der Waals surface area contributed by atoms with Crippen LogP contribution in [0.4, 0.5) is 0 Å². The summed E-state index contributed by atoms with van der Waals surface area (Å²) >= 11 is 3.48. The minimum Gasteiger partial charge on any atom is -0.381 e. The largest absolute Gasteiger partial charge is 0.381 e. The van der Waals surface area contributed by atoms with E-state index >= 15 is 0 Å². The molecule has 0 aromatic carbocycles. The van der Waals surface area contributed by atoms with Gasteiger partial charge < -0.3 is 9.64 Å². The molecule has 6 heterocycles. The summed E-state index contributed by atoms with van der Waals surface area (Å²) in [6.45, 7) is 4.38. The van der Waals surface area contributed by atoms with Gasteiger partial charge in [-0.1, -0.05) is 18.9 Å². The molecule has 46 heavy (non-hydrogen) atoms. The molecule has 1 saturated heterocycles. The van der Waals surface area contributed by atoms with Crippen molar-refractivity contribution in [3.8, 4) is 11.3 Å². The molecule has 1 spiro atoms. The Bertz CT molecular complexity index is 1840. The monoisotopic (exact) mass is 685 g/mol. The molecule has 7 rings (SSSR count). The van der Waals surface area contributed by atoms with Gasteiger partial charge in [0.1, 0.15) is 22.7 Å². The summed E-state index contributed by atoms with van der Waals surface area (Å²) in [6.07, 6.45) is 11.6. The normalized spacial score (nSPS) is 23.4. The first-order chi connectivity index (χ1) is 22.2. The maximum Gasteiger partial charge on any atom is 0.245 e. The van der Waals surface area contributed by atoms with E-state index in [1.54, 1.807) is 36.5 Å². The Hall–Kier alpha value is -3.90. The van der Waals surface area contributed by atoms with Gasteiger partial charge in [0, 0.05) is 48.3 Å². The zero-order valence-corrected chi connectivity index (χ0v) is 27.6. The van der Waals surface area contributed by atoms with Crippen molar-refractivity contribution in [1.29, 1.82) is 0 Å². The highest BCUT2D eigenvalue weighted by molar-refractivity contribution is 9.10. The number of pyridine rings is 2. The molecule has 238 valence electrons. The average Bonchev–Trinajstić information content (AvgIpc) is 3.45. The molecule has 4 aromatic heterocycles. The number of aryl methyl sites for hydroxylation is 2. The molecule has 0 N–H and O–H groups in total. The SMILES string of the molecule is CC(=O)c1nn(CC(=O)N2[C@H]3C[C@@]4(COCCCCCCc5ccc(Br)nc5CC3=O)C[C@@H]24)c2cnc(-c3cnc(C)nc3)cc12. The van der Waals surface area contributed by atoms with Crippen LogP contribution in [0.15, 0.2) is 41.4 Å². The minimum absolute atomic E-state index is 0.0111. The van der Waals surface area contributed by atoms with Gasteiger partial charge in [0.25, 0.3) is 0 Å². The number of hydrogen-bond acceptors (Lipinski definition) is 9. The predicted molar refractivity (Wildman–Crippen MR) is 173 cm³/mol. The number of likely N-dealkylation sites (tertiary alicyclic amines) is 1. The van der Waals surface area contributed by atoms with Gasteiger partial charge in [-0.3, -0.25) is 24.0 Å². The van der Waals surface area contributed by atoms with Crippen LogP contribution in [0.3, 0.4) is 0 Å². The third-order valence-corrected chi connectivity index (χ3v) is 10.1. The summed E-state index contributed by atoms with van der Waals surface area (Å²) in [5.74, 6) is 0.212. The highest BCUT2D eigenvalue weighted by Crippen LogP contribution is 2.60. The van der Waals surface area contributed by atoms with E-state index in [1.807, 2.05) is 6.07 Å². The summed E-state index contributed by atoms with van der Waals surface area (Å²) in [5.41, 5.74) is 3.80. The number of hydrogen-bond donors (Lipinski definition) is 0. The molecular formula is C34H36BrN7O4. The Kier molecular flexibility index (Phi) is 8.26. The number of amides is 1. The van der Waals surface area contributed by atoms with Crippen molar-refractivity contribution in [1.82, 2.24) is 34.6 Å². The molecule has 4 aromatic rings. The Morgan fingerprint density at radius 2 is 1.87 bits per heavy atom. The van der Waals surface area contributed by atoms with Gasteiger partial charge in [-0.25, -0.2) is 15.0 Å². The lowest BCUT2D eigenvalue weighted by molar-refractivity contribution is -0.139. The average molecular weight is 687 g/mol. The number of ketones is 2. The van der Waals surface area contributed by atoms with Gasteiger partial charge in [-0.15, -0.1) is 0 Å². The van der Waals surface area contributed by atoms with Crippen LogP contribution >= 0.6 is 15.9 Å². The maximum atomic E-state index is 14.2. The van der Waals surface area contributed by atoms with Crippen LogP contribution in [0.25, 0.3) is 22.2 Å². The minimum atomic E-state index is -0.575. The van der Waals surface area contributed by atoms with Gasteiger partial charge in [0.15, 0.2) is 11.6 Å². The van der Waals surface area contributed by atoms with Gasteiger partial charge in [-0.05, 0) is 72.7 Å². The lowest BCUT2D eigenvalue weighted by Gasteiger charge is -2.27. The molecule has 3 aliphatic rings. The summed E-state index contributed by atoms with van der Waals surface area (Å²) in [4.78, 5) is 60.5. The van der Waals surface area contributed by atoms with Crippen molar-refractivity contribution >= 4 is 44.3 Å². The van der Waals surface area contributed by atoms with Gasteiger partial charge in [0.05, 0.1) is 42.2 Å². The van der Waals surface area contributed by atoms with Crippen LogP contribution in [0, 0.1) is 12.3 Å². The number of aromatic nitrogens is 6. The number of fused-ring (bicyclic) bond motifs is 3. The van der Waals surface area contributed by atoms with Gasteiger partial charge >= 0.3 is 0 Å². The summed E-state index contributed by atoms with van der Waals surface area (Å²) in [5, 5.41) is 5.18. The molecule has 0 unspecified atom stereocenters. The lowest BCUT2D eigenvalue weighted by Crippen LogP contribution is -2.45. The quantitative estimate of drug-likeness (QED) is 0.218. The van der Waals surface area contributed by atoms with E-state index in [0.717, 1.165) is 49.8 Å². The smallest absolute Gasteiger partial charge is 0.245 e. The van der Waals surface area contributed by atoms with E-state index in [1.165, 1.54) is 11.6 Å². The fourth-order valence-corrected chi connectivity index (χ4v) is 7.48. The standard InChI is InChI=1S/C34H36BrN7O4/c1-20(43)33-24-11-25(23-15-36-21(2)37-16-23)38-17-28(24)41(40-33)18-32(45)42-27-13-34(14-30(34)42)19-46-10-6-4-3-5-7-22-8-9-31(35)39-26(22)12-29(27)44/h8-9,11,15-17,27,30H,3-7,10,12-14,18-19H2,1-2H3/t27-,30+,34-/m0/s1. The zero-order chi connectivity index (χ0) is 32.0. The van der Waals surface area contributed by atoms with Crippen molar-refractivity contribution in [2.24, 2.45) is 5.41 Å². The fraction of sp³-hybridized carbons (Fsp3) is 0.471. The number of Topliss-reactive ketones (excluding diaryl/α,β-unsaturated/α-hetero) is 2. The molecule has 2 fully saturated rings. The van der Waals surface area contributed by atoms with E-state index in [0.29, 0.717) is 52.2 Å². The topological polar surface area (TPSA) is 133 Å². The molecule has 3 atom stereocenters. The second kappa shape index (κ2) is 12.4. The fourth-order valence-electron chi connectivity index (χ4n) is 7.13. The molecular weight excluding hydrogens is 650 g/mol. The molecule has 2 aliphatic heterocycles. The van der Waals surface area contributed by atoms with E-state index in [2.05, 4.69) is 42.0 Å².